The number of hydrogen-bond acceptors (Lipinski definition) is 7. The molecule has 0 spiro atoms. The highest BCUT2D eigenvalue weighted by Crippen LogP contribution is 2.33. The Labute approximate surface area is 170 Å². The van der Waals surface area contributed by atoms with Crippen LogP contribution in [0, 0.1) is 11.8 Å². The first kappa shape index (κ1) is 20.9. The van der Waals surface area contributed by atoms with Crippen LogP contribution in [0.1, 0.15) is 16.7 Å². The van der Waals surface area contributed by atoms with E-state index < -0.39 is 11.7 Å². The number of rotatable bonds is 4. The number of nitrogens with one attached hydrogen (secondary N) is 1. The van der Waals surface area contributed by atoms with E-state index in [1.54, 1.807) is 12.1 Å². The van der Waals surface area contributed by atoms with Crippen LogP contribution in [0.2, 0.25) is 0 Å². The first-order valence-corrected chi connectivity index (χ1v) is 8.71. The van der Waals surface area contributed by atoms with Crippen LogP contribution in [0.5, 0.6) is 0 Å². The Morgan fingerprint density at radius 2 is 1.87 bits per heavy atom. The van der Waals surface area contributed by atoms with Gasteiger partial charge in [-0.3, -0.25) is 0 Å². The minimum Gasteiger partial charge on any atom is -0.395 e. The fourth-order valence-corrected chi connectivity index (χ4v) is 2.51. The predicted molar refractivity (Wildman–Crippen MR) is 107 cm³/mol. The molecule has 30 heavy (non-hydrogen) atoms. The molecule has 1 aromatic carbocycles. The van der Waals surface area contributed by atoms with Gasteiger partial charge < -0.3 is 21.9 Å². The van der Waals surface area contributed by atoms with Crippen molar-refractivity contribution in [2.45, 2.75) is 6.18 Å². The number of aliphatic hydroxyl groups is 1. The molecule has 10 heteroatoms. The highest BCUT2D eigenvalue weighted by Gasteiger charge is 2.30. The molecule has 0 aliphatic carbocycles. The van der Waals surface area contributed by atoms with Crippen LogP contribution in [0.4, 0.5) is 30.8 Å². The van der Waals surface area contributed by atoms with Gasteiger partial charge in [0.05, 0.1) is 23.4 Å². The van der Waals surface area contributed by atoms with E-state index >= 15 is 0 Å². The number of nitrogens with zero attached hydrogens (tertiary/aromatic N) is 3. The Balaban J connectivity index is 2.14. The third kappa shape index (κ3) is 4.95. The summed E-state index contributed by atoms with van der Waals surface area (Å²) in [4.78, 5) is 12.3. The molecule has 6 N–H and O–H groups in total. The zero-order chi connectivity index (χ0) is 21.7. The van der Waals surface area contributed by atoms with E-state index in [0.717, 1.165) is 12.1 Å². The smallest absolute Gasteiger partial charge is 0.395 e. The molecular weight excluding hydrogens is 397 g/mol. The zero-order valence-electron chi connectivity index (χ0n) is 15.5. The largest absolute Gasteiger partial charge is 0.416 e. The van der Waals surface area contributed by atoms with Gasteiger partial charge in [-0.15, -0.1) is 0 Å². The molecule has 2 aromatic heterocycles. The number of anilines is 3. The maximum absolute atomic E-state index is 13.2. The van der Waals surface area contributed by atoms with E-state index in [1.807, 2.05) is 0 Å². The highest BCUT2D eigenvalue weighted by molar-refractivity contribution is 5.75. The highest BCUT2D eigenvalue weighted by atomic mass is 19.4. The van der Waals surface area contributed by atoms with Crippen LogP contribution in [-0.2, 0) is 6.18 Å². The third-order valence-electron chi connectivity index (χ3n) is 3.91. The lowest BCUT2D eigenvalue weighted by atomic mass is 10.0. The summed E-state index contributed by atoms with van der Waals surface area (Å²) in [6, 6.07) is 7.89. The van der Waals surface area contributed by atoms with Crippen molar-refractivity contribution in [1.29, 1.82) is 0 Å². The number of nitrogens with two attached hydrogens (primary N) is 2. The molecule has 0 saturated heterocycles. The van der Waals surface area contributed by atoms with Crippen molar-refractivity contribution >= 4 is 17.6 Å². The second kappa shape index (κ2) is 8.67. The number of pyridine rings is 1. The van der Waals surface area contributed by atoms with Gasteiger partial charge in [-0.05, 0) is 24.3 Å². The van der Waals surface area contributed by atoms with Crippen LogP contribution in [-0.4, -0.2) is 33.2 Å². The summed E-state index contributed by atoms with van der Waals surface area (Å²) in [7, 11) is 0. The van der Waals surface area contributed by atoms with E-state index in [0.29, 0.717) is 11.4 Å². The molecule has 2 heterocycles. The first-order chi connectivity index (χ1) is 14.3. The van der Waals surface area contributed by atoms with Crippen molar-refractivity contribution in [1.82, 2.24) is 15.0 Å². The lowest BCUT2D eigenvalue weighted by molar-refractivity contribution is -0.137. The minimum atomic E-state index is -4.52. The van der Waals surface area contributed by atoms with Gasteiger partial charge in [-0.1, -0.05) is 24.0 Å². The molecule has 0 atom stereocenters. The van der Waals surface area contributed by atoms with Gasteiger partial charge in [0.25, 0.3) is 0 Å². The van der Waals surface area contributed by atoms with Crippen LogP contribution < -0.4 is 16.8 Å². The van der Waals surface area contributed by atoms with Crippen LogP contribution in [0.15, 0.2) is 42.6 Å². The summed E-state index contributed by atoms with van der Waals surface area (Å²) in [6.07, 6.45) is -3.06. The van der Waals surface area contributed by atoms with Gasteiger partial charge in [0.1, 0.15) is 11.6 Å². The Morgan fingerprint density at radius 3 is 2.53 bits per heavy atom. The molecule has 3 aromatic rings. The summed E-state index contributed by atoms with van der Waals surface area (Å²) in [5.41, 5.74) is 11.7. The summed E-state index contributed by atoms with van der Waals surface area (Å²) in [6.45, 7) is -0.0442. The molecule has 0 aliphatic rings. The Kier molecular flexibility index (Phi) is 6.03. The molecule has 0 unspecified atom stereocenters. The van der Waals surface area contributed by atoms with Crippen LogP contribution in [0.3, 0.4) is 0 Å². The molecule has 0 saturated carbocycles. The lowest BCUT2D eigenvalue weighted by Gasteiger charge is -2.12. The number of nitrogen functional groups attached to an aromatic ring is 2. The second-order valence-corrected chi connectivity index (χ2v) is 6.11. The SMILES string of the molecule is Nc1ccc(C#Cc2c(N)nc(NCCO)nc2-c2cccc(C(F)(F)F)c2)cn1. The molecule has 7 nitrogen and oxygen atoms in total. The fraction of sp³-hybridized carbons (Fsp3) is 0.150. The van der Waals surface area contributed by atoms with E-state index in [1.165, 1.54) is 18.3 Å². The van der Waals surface area contributed by atoms with Crippen molar-refractivity contribution in [3.8, 4) is 23.1 Å². The molecule has 0 radical (unpaired) electrons. The van der Waals surface area contributed by atoms with Gasteiger partial charge in [-0.25, -0.2) is 9.97 Å². The molecule has 0 amide bonds. The van der Waals surface area contributed by atoms with Crippen LogP contribution in [0.25, 0.3) is 11.3 Å². The third-order valence-corrected chi connectivity index (χ3v) is 3.91. The molecule has 0 fully saturated rings. The topological polar surface area (TPSA) is 123 Å². The van der Waals surface area contributed by atoms with Crippen molar-refractivity contribution in [2.24, 2.45) is 0 Å². The average molecular weight is 414 g/mol. The Morgan fingerprint density at radius 1 is 1.07 bits per heavy atom. The number of halogens is 3. The Bertz CT molecular complexity index is 1100. The van der Waals surface area contributed by atoms with E-state index in [2.05, 4.69) is 32.1 Å². The van der Waals surface area contributed by atoms with Gasteiger partial charge in [-0.2, -0.15) is 18.2 Å². The number of aromatic nitrogens is 3. The molecule has 0 aliphatic heterocycles. The minimum absolute atomic E-state index is 0.0197. The normalized spacial score (nSPS) is 10.9. The molecule has 154 valence electrons. The Hall–Kier alpha value is -3.84. The summed E-state index contributed by atoms with van der Waals surface area (Å²) in [5.74, 6) is 6.02. The molecular formula is C20H17F3N6O. The van der Waals surface area contributed by atoms with Gasteiger partial charge >= 0.3 is 6.18 Å². The van der Waals surface area contributed by atoms with E-state index in [-0.39, 0.29) is 41.7 Å². The second-order valence-electron chi connectivity index (χ2n) is 6.11. The first-order valence-electron chi connectivity index (χ1n) is 8.71. The van der Waals surface area contributed by atoms with Gasteiger partial charge in [0.2, 0.25) is 5.95 Å². The number of benzene rings is 1. The zero-order valence-corrected chi connectivity index (χ0v) is 15.5. The monoisotopic (exact) mass is 414 g/mol. The quantitative estimate of drug-likeness (QED) is 0.484. The van der Waals surface area contributed by atoms with Gasteiger partial charge in [0.15, 0.2) is 0 Å². The van der Waals surface area contributed by atoms with Crippen molar-refractivity contribution in [3.05, 3.63) is 59.3 Å². The van der Waals surface area contributed by atoms with Crippen molar-refractivity contribution in [2.75, 3.05) is 29.9 Å². The van der Waals surface area contributed by atoms with Crippen LogP contribution >= 0.6 is 0 Å². The number of hydrogen-bond donors (Lipinski definition) is 4. The van der Waals surface area contributed by atoms with Gasteiger partial charge in [0, 0.05) is 23.9 Å². The van der Waals surface area contributed by atoms with Crippen molar-refractivity contribution < 1.29 is 18.3 Å². The predicted octanol–water partition coefficient (Wildman–Crippen LogP) is 2.53. The molecule has 3 rings (SSSR count). The standard InChI is InChI=1S/C20H17F3N6O/c21-20(22,23)14-3-1-2-13(10-14)17-15(6-4-12-5-7-16(24)27-11-12)18(25)29-19(28-17)26-8-9-30/h1-3,5,7,10-11,30H,8-9H2,(H2,24,27)(H3,25,26,28,29). The summed E-state index contributed by atoms with van der Waals surface area (Å²) in [5, 5.41) is 11.7. The summed E-state index contributed by atoms with van der Waals surface area (Å²) < 4.78 is 39.5. The number of alkyl halides is 3. The van der Waals surface area contributed by atoms with Crippen molar-refractivity contribution in [3.63, 3.8) is 0 Å². The maximum atomic E-state index is 13.2. The summed E-state index contributed by atoms with van der Waals surface area (Å²) >= 11 is 0. The van der Waals surface area contributed by atoms with E-state index in [4.69, 9.17) is 16.6 Å². The number of aliphatic hydroxyl groups excluding tert-OH is 1. The average Bonchev–Trinajstić information content (AvgIpc) is 2.72. The maximum Gasteiger partial charge on any atom is 0.416 e. The molecule has 0 bridgehead atoms. The van der Waals surface area contributed by atoms with E-state index in [9.17, 15) is 13.2 Å². The lowest BCUT2D eigenvalue weighted by Crippen LogP contribution is -2.12. The fourth-order valence-electron chi connectivity index (χ4n) is 2.51.